The summed E-state index contributed by atoms with van der Waals surface area (Å²) in [5.41, 5.74) is 7.26. The number of nitrogens with zero attached hydrogens (tertiary/aromatic N) is 4. The second-order valence-corrected chi connectivity index (χ2v) is 5.91. The van der Waals surface area contributed by atoms with Crippen molar-refractivity contribution in [2.75, 3.05) is 5.73 Å². The van der Waals surface area contributed by atoms with E-state index in [0.29, 0.717) is 16.6 Å². The standard InChI is InChI=1S/C14H20ClN5/c1-9(2)4-5-10(3)20-14(17-18-19-20)11-6-7-12(15)13(16)8-11/h6-10H,4-5,16H2,1-3H3. The van der Waals surface area contributed by atoms with Gasteiger partial charge in [0, 0.05) is 5.56 Å². The van der Waals surface area contributed by atoms with Gasteiger partial charge in [-0.15, -0.1) is 5.10 Å². The minimum Gasteiger partial charge on any atom is -0.398 e. The molecule has 108 valence electrons. The van der Waals surface area contributed by atoms with Crippen molar-refractivity contribution in [2.45, 2.75) is 39.7 Å². The maximum Gasteiger partial charge on any atom is 0.182 e. The molecule has 6 heteroatoms. The first kappa shape index (κ1) is 14.8. The van der Waals surface area contributed by atoms with Crippen LogP contribution in [-0.4, -0.2) is 20.2 Å². The quantitative estimate of drug-likeness (QED) is 0.856. The lowest BCUT2D eigenvalue weighted by Gasteiger charge is -2.15. The molecule has 1 aromatic carbocycles. The van der Waals surface area contributed by atoms with E-state index in [-0.39, 0.29) is 6.04 Å². The number of aromatic nitrogens is 4. The molecule has 5 nitrogen and oxygen atoms in total. The van der Waals surface area contributed by atoms with Crippen molar-refractivity contribution in [1.29, 1.82) is 0 Å². The fourth-order valence-electron chi connectivity index (χ4n) is 2.06. The number of nitrogens with two attached hydrogens (primary N) is 1. The SMILES string of the molecule is CC(C)CCC(C)n1nnnc1-c1ccc(Cl)c(N)c1. The summed E-state index contributed by atoms with van der Waals surface area (Å²) >= 11 is 5.95. The summed E-state index contributed by atoms with van der Waals surface area (Å²) < 4.78 is 1.85. The topological polar surface area (TPSA) is 69.6 Å². The lowest BCUT2D eigenvalue weighted by molar-refractivity contribution is 0.406. The lowest BCUT2D eigenvalue weighted by Crippen LogP contribution is -2.10. The maximum absolute atomic E-state index is 5.95. The Morgan fingerprint density at radius 2 is 2.00 bits per heavy atom. The van der Waals surface area contributed by atoms with Crippen molar-refractivity contribution in [1.82, 2.24) is 20.2 Å². The zero-order valence-electron chi connectivity index (χ0n) is 12.0. The minimum absolute atomic E-state index is 0.249. The van der Waals surface area contributed by atoms with Crippen molar-refractivity contribution in [2.24, 2.45) is 5.92 Å². The van der Waals surface area contributed by atoms with Crippen molar-refractivity contribution >= 4 is 17.3 Å². The van der Waals surface area contributed by atoms with Gasteiger partial charge in [-0.25, -0.2) is 4.68 Å². The van der Waals surface area contributed by atoms with Crippen molar-refractivity contribution in [3.8, 4) is 11.4 Å². The molecule has 0 radical (unpaired) electrons. The van der Waals surface area contributed by atoms with Crippen LogP contribution in [0.3, 0.4) is 0 Å². The molecule has 2 aromatic rings. The Kier molecular flexibility index (Phi) is 4.60. The van der Waals surface area contributed by atoms with Gasteiger partial charge in [-0.1, -0.05) is 25.4 Å². The van der Waals surface area contributed by atoms with Gasteiger partial charge in [-0.05, 0) is 54.3 Å². The molecule has 1 aromatic heterocycles. The average Bonchev–Trinajstić information content (AvgIpc) is 2.88. The summed E-state index contributed by atoms with van der Waals surface area (Å²) in [4.78, 5) is 0. The highest BCUT2D eigenvalue weighted by molar-refractivity contribution is 6.33. The Labute approximate surface area is 124 Å². The monoisotopic (exact) mass is 293 g/mol. The van der Waals surface area contributed by atoms with Crippen molar-refractivity contribution in [3.63, 3.8) is 0 Å². The molecule has 2 rings (SSSR count). The van der Waals surface area contributed by atoms with E-state index in [1.165, 1.54) is 0 Å². The number of tetrazole rings is 1. The molecule has 0 fully saturated rings. The van der Waals surface area contributed by atoms with Gasteiger partial charge in [-0.3, -0.25) is 0 Å². The first-order valence-corrected chi connectivity index (χ1v) is 7.20. The van der Waals surface area contributed by atoms with Gasteiger partial charge in [0.2, 0.25) is 0 Å². The molecule has 2 N–H and O–H groups in total. The minimum atomic E-state index is 0.249. The molecule has 0 saturated carbocycles. The van der Waals surface area contributed by atoms with E-state index in [1.54, 1.807) is 12.1 Å². The van der Waals surface area contributed by atoms with Crippen LogP contribution in [0.25, 0.3) is 11.4 Å². The second kappa shape index (κ2) is 6.22. The second-order valence-electron chi connectivity index (χ2n) is 5.50. The molecule has 1 atom stereocenters. The van der Waals surface area contributed by atoms with E-state index in [4.69, 9.17) is 17.3 Å². The molecule has 1 heterocycles. The molecule has 0 saturated heterocycles. The Morgan fingerprint density at radius 3 is 2.65 bits per heavy atom. The fourth-order valence-corrected chi connectivity index (χ4v) is 2.18. The van der Waals surface area contributed by atoms with Crippen LogP contribution in [0, 0.1) is 5.92 Å². The third-order valence-corrected chi connectivity index (χ3v) is 3.67. The molecule has 0 amide bonds. The van der Waals surface area contributed by atoms with Gasteiger partial charge in [0.05, 0.1) is 16.8 Å². The Morgan fingerprint density at radius 1 is 1.25 bits per heavy atom. The zero-order valence-corrected chi connectivity index (χ0v) is 12.8. The van der Waals surface area contributed by atoms with Crippen LogP contribution in [-0.2, 0) is 0 Å². The van der Waals surface area contributed by atoms with E-state index in [9.17, 15) is 0 Å². The van der Waals surface area contributed by atoms with E-state index in [0.717, 1.165) is 24.2 Å². The van der Waals surface area contributed by atoms with E-state index in [2.05, 4.69) is 36.3 Å². The number of hydrogen-bond acceptors (Lipinski definition) is 4. The first-order valence-electron chi connectivity index (χ1n) is 6.82. The highest BCUT2D eigenvalue weighted by Crippen LogP contribution is 2.27. The van der Waals surface area contributed by atoms with Crippen LogP contribution in [0.15, 0.2) is 18.2 Å². The predicted octanol–water partition coefficient (Wildman–Crippen LogP) is 3.57. The lowest BCUT2D eigenvalue weighted by atomic mass is 10.0. The summed E-state index contributed by atoms with van der Waals surface area (Å²) in [5, 5.41) is 12.5. The summed E-state index contributed by atoms with van der Waals surface area (Å²) in [5.74, 6) is 1.40. The normalized spacial score (nSPS) is 12.8. The highest BCUT2D eigenvalue weighted by atomic mass is 35.5. The van der Waals surface area contributed by atoms with E-state index in [1.807, 2.05) is 10.7 Å². The third-order valence-electron chi connectivity index (χ3n) is 3.33. The molecule has 0 aliphatic rings. The van der Waals surface area contributed by atoms with Gasteiger partial charge in [0.1, 0.15) is 0 Å². The van der Waals surface area contributed by atoms with Crippen LogP contribution < -0.4 is 5.73 Å². The number of anilines is 1. The van der Waals surface area contributed by atoms with E-state index < -0.39 is 0 Å². The van der Waals surface area contributed by atoms with Gasteiger partial charge in [0.15, 0.2) is 5.82 Å². The van der Waals surface area contributed by atoms with Crippen LogP contribution in [0.2, 0.25) is 5.02 Å². The average molecular weight is 294 g/mol. The largest absolute Gasteiger partial charge is 0.398 e. The van der Waals surface area contributed by atoms with Crippen LogP contribution in [0.1, 0.15) is 39.7 Å². The predicted molar refractivity (Wildman–Crippen MR) is 81.5 cm³/mol. The summed E-state index contributed by atoms with van der Waals surface area (Å²) in [6.45, 7) is 6.56. The van der Waals surface area contributed by atoms with Crippen molar-refractivity contribution in [3.05, 3.63) is 23.2 Å². The van der Waals surface area contributed by atoms with Crippen LogP contribution >= 0.6 is 11.6 Å². The molecule has 0 spiro atoms. The number of hydrogen-bond donors (Lipinski definition) is 1. The zero-order chi connectivity index (χ0) is 14.7. The number of halogens is 1. The number of nitrogen functional groups attached to an aromatic ring is 1. The number of benzene rings is 1. The molecular weight excluding hydrogens is 274 g/mol. The van der Waals surface area contributed by atoms with E-state index >= 15 is 0 Å². The maximum atomic E-state index is 5.95. The summed E-state index contributed by atoms with van der Waals surface area (Å²) in [6, 6.07) is 5.71. The van der Waals surface area contributed by atoms with Crippen LogP contribution in [0.4, 0.5) is 5.69 Å². The Balaban J connectivity index is 2.25. The van der Waals surface area contributed by atoms with Crippen molar-refractivity contribution < 1.29 is 0 Å². The third kappa shape index (κ3) is 3.28. The Hall–Kier alpha value is -1.62. The molecule has 0 bridgehead atoms. The van der Waals surface area contributed by atoms with Gasteiger partial charge in [0.25, 0.3) is 0 Å². The Bertz CT molecular complexity index is 579. The molecule has 1 unspecified atom stereocenters. The smallest absolute Gasteiger partial charge is 0.182 e. The highest BCUT2D eigenvalue weighted by Gasteiger charge is 2.15. The van der Waals surface area contributed by atoms with Crippen LogP contribution in [0.5, 0.6) is 0 Å². The molecule has 0 aliphatic heterocycles. The van der Waals surface area contributed by atoms with Gasteiger partial charge >= 0.3 is 0 Å². The summed E-state index contributed by atoms with van der Waals surface area (Å²) in [6.07, 6.45) is 2.18. The van der Waals surface area contributed by atoms with Gasteiger partial charge in [-0.2, -0.15) is 0 Å². The molecular formula is C14H20ClN5. The first-order chi connectivity index (χ1) is 9.49. The summed E-state index contributed by atoms with van der Waals surface area (Å²) in [7, 11) is 0. The molecule has 20 heavy (non-hydrogen) atoms. The number of rotatable bonds is 5. The molecule has 0 aliphatic carbocycles. The van der Waals surface area contributed by atoms with Gasteiger partial charge < -0.3 is 5.73 Å². The fraction of sp³-hybridized carbons (Fsp3) is 0.500.